The highest BCUT2D eigenvalue weighted by Crippen LogP contribution is 2.40. The van der Waals surface area contributed by atoms with Crippen LogP contribution in [0.4, 0.5) is 4.39 Å². The summed E-state index contributed by atoms with van der Waals surface area (Å²) in [4.78, 5) is 27.3. The second kappa shape index (κ2) is 8.98. The average molecular weight is 447 g/mol. The first-order valence-corrected chi connectivity index (χ1v) is 11.8. The van der Waals surface area contributed by atoms with Gasteiger partial charge in [0.1, 0.15) is 18.2 Å². The monoisotopic (exact) mass is 446 g/mol. The Morgan fingerprint density at radius 1 is 1.16 bits per heavy atom. The van der Waals surface area contributed by atoms with Crippen molar-refractivity contribution in [3.8, 4) is 5.75 Å². The molecule has 8 heteroatoms. The Morgan fingerprint density at radius 3 is 2.81 bits per heavy atom. The van der Waals surface area contributed by atoms with E-state index in [2.05, 4.69) is 5.32 Å². The molecule has 1 aromatic rings. The lowest BCUT2D eigenvalue weighted by molar-refractivity contribution is -0.155. The van der Waals surface area contributed by atoms with Crippen molar-refractivity contribution in [2.45, 2.75) is 68.5 Å². The molecule has 2 atom stereocenters. The van der Waals surface area contributed by atoms with Crippen LogP contribution in [0.1, 0.15) is 56.4 Å². The first-order chi connectivity index (χ1) is 15.5. The molecule has 2 amide bonds. The fourth-order valence-electron chi connectivity index (χ4n) is 5.85. The van der Waals surface area contributed by atoms with E-state index in [4.69, 9.17) is 14.2 Å². The molecule has 1 aromatic carbocycles. The topological polar surface area (TPSA) is 77.1 Å². The van der Waals surface area contributed by atoms with Gasteiger partial charge in [-0.05, 0) is 62.6 Å². The largest absolute Gasteiger partial charge is 0.493 e. The minimum Gasteiger partial charge on any atom is -0.493 e. The van der Waals surface area contributed by atoms with E-state index in [9.17, 15) is 14.0 Å². The third-order valence-electron chi connectivity index (χ3n) is 7.49. The molecule has 1 aliphatic carbocycles. The van der Waals surface area contributed by atoms with Crippen LogP contribution in [-0.4, -0.2) is 67.4 Å². The third kappa shape index (κ3) is 4.22. The highest BCUT2D eigenvalue weighted by molar-refractivity contribution is 5.80. The van der Waals surface area contributed by atoms with Crippen LogP contribution in [0.3, 0.4) is 0 Å². The number of benzene rings is 1. The zero-order valence-corrected chi connectivity index (χ0v) is 18.3. The molecule has 1 saturated carbocycles. The highest BCUT2D eigenvalue weighted by Gasteiger charge is 2.49. The van der Waals surface area contributed by atoms with Crippen LogP contribution in [-0.2, 0) is 19.1 Å². The number of amides is 2. The molecule has 4 heterocycles. The summed E-state index contributed by atoms with van der Waals surface area (Å²) in [6.07, 6.45) is 5.41. The molecule has 5 aliphatic rings. The van der Waals surface area contributed by atoms with Crippen LogP contribution in [0, 0.1) is 5.82 Å². The zero-order valence-electron chi connectivity index (χ0n) is 18.3. The van der Waals surface area contributed by atoms with Gasteiger partial charge in [0.25, 0.3) is 0 Å². The minimum atomic E-state index is -0.609. The standard InChI is InChI=1S/C24H31FN2O5/c25-17-4-7-20-19(12-17)16-2-5-18(6-3-16)32-13-21-24(15-30-14-22(28)26-24)9-1-10-27(21)23(29)8-11-31-20/h4,7,12,16,18,21H,1-3,5-6,8-11,13-15H2,(H,26,28)/t16-,18+,21-,24+/m0/s1. The fraction of sp³-hybridized carbons (Fsp3) is 0.667. The quantitative estimate of drug-likeness (QED) is 0.663. The van der Waals surface area contributed by atoms with Gasteiger partial charge in [0.05, 0.1) is 43.9 Å². The summed E-state index contributed by atoms with van der Waals surface area (Å²) in [5.74, 6) is 0.463. The summed E-state index contributed by atoms with van der Waals surface area (Å²) < 4.78 is 31.9. The lowest BCUT2D eigenvalue weighted by Crippen LogP contribution is -2.72. The van der Waals surface area contributed by atoms with Crippen molar-refractivity contribution in [2.75, 3.05) is 33.0 Å². The maximum absolute atomic E-state index is 14.0. The summed E-state index contributed by atoms with van der Waals surface area (Å²) in [7, 11) is 0. The number of ether oxygens (including phenoxy) is 3. The molecule has 174 valence electrons. The number of nitrogens with one attached hydrogen (secondary N) is 1. The van der Waals surface area contributed by atoms with Gasteiger partial charge in [0.2, 0.25) is 11.8 Å². The van der Waals surface area contributed by atoms with Gasteiger partial charge in [-0.3, -0.25) is 9.59 Å². The summed E-state index contributed by atoms with van der Waals surface area (Å²) in [6.45, 7) is 1.67. The van der Waals surface area contributed by atoms with Crippen molar-refractivity contribution in [1.82, 2.24) is 10.2 Å². The lowest BCUT2D eigenvalue weighted by atomic mass is 9.80. The number of morpholine rings is 1. The smallest absolute Gasteiger partial charge is 0.246 e. The maximum atomic E-state index is 14.0. The van der Waals surface area contributed by atoms with Gasteiger partial charge in [-0.2, -0.15) is 0 Å². The summed E-state index contributed by atoms with van der Waals surface area (Å²) >= 11 is 0. The molecule has 1 spiro atoms. The molecule has 7 nitrogen and oxygen atoms in total. The van der Waals surface area contributed by atoms with Crippen LogP contribution in [0.25, 0.3) is 0 Å². The molecule has 0 unspecified atom stereocenters. The Bertz CT molecular complexity index is 868. The summed E-state index contributed by atoms with van der Waals surface area (Å²) in [5.41, 5.74) is 0.285. The van der Waals surface area contributed by atoms with E-state index in [1.807, 2.05) is 4.90 Å². The second-order valence-electron chi connectivity index (χ2n) is 9.49. The fourth-order valence-corrected chi connectivity index (χ4v) is 5.85. The Morgan fingerprint density at radius 2 is 2.00 bits per heavy atom. The number of piperidine rings is 1. The number of fused-ring (bicyclic) bond motifs is 6. The molecule has 4 aliphatic heterocycles. The van der Waals surface area contributed by atoms with Crippen molar-refractivity contribution < 1.29 is 28.2 Å². The summed E-state index contributed by atoms with van der Waals surface area (Å²) in [6, 6.07) is 4.40. The van der Waals surface area contributed by atoms with Gasteiger partial charge in [0.15, 0.2) is 0 Å². The van der Waals surface area contributed by atoms with E-state index < -0.39 is 5.54 Å². The lowest BCUT2D eigenvalue weighted by Gasteiger charge is -2.51. The van der Waals surface area contributed by atoms with Gasteiger partial charge in [-0.25, -0.2) is 4.39 Å². The normalized spacial score (nSPS) is 33.7. The van der Waals surface area contributed by atoms with Crippen molar-refractivity contribution in [3.05, 3.63) is 29.6 Å². The highest BCUT2D eigenvalue weighted by atomic mass is 19.1. The number of nitrogens with zero attached hydrogens (tertiary/aromatic N) is 1. The number of carbonyl (C=O) groups is 2. The minimum absolute atomic E-state index is 0.0246. The van der Waals surface area contributed by atoms with Crippen molar-refractivity contribution >= 4 is 11.8 Å². The van der Waals surface area contributed by atoms with E-state index in [-0.39, 0.29) is 55.3 Å². The first-order valence-electron chi connectivity index (χ1n) is 11.8. The Hall–Kier alpha value is -2.19. The molecule has 32 heavy (non-hydrogen) atoms. The molecule has 1 N–H and O–H groups in total. The molecule has 2 saturated heterocycles. The SMILES string of the molecule is O=C1COC[C@@]2(CCCN3C(=O)CCOc4ccc(F)cc4[C@H]4CC[C@H](CC4)OC[C@H]32)N1. The molecule has 0 aromatic heterocycles. The number of rotatable bonds is 0. The Balaban J connectivity index is 1.42. The van der Waals surface area contributed by atoms with Crippen LogP contribution in [0.5, 0.6) is 5.75 Å². The van der Waals surface area contributed by atoms with Crippen molar-refractivity contribution in [1.29, 1.82) is 0 Å². The van der Waals surface area contributed by atoms with Gasteiger partial charge in [-0.15, -0.1) is 0 Å². The molecular formula is C24H31FN2O5. The third-order valence-corrected chi connectivity index (χ3v) is 7.49. The number of halogens is 1. The molecule has 0 radical (unpaired) electrons. The van der Waals surface area contributed by atoms with E-state index in [0.717, 1.165) is 44.1 Å². The molecule has 2 bridgehead atoms. The van der Waals surface area contributed by atoms with Crippen molar-refractivity contribution in [2.24, 2.45) is 0 Å². The van der Waals surface area contributed by atoms with Gasteiger partial charge in [-0.1, -0.05) is 0 Å². The van der Waals surface area contributed by atoms with Gasteiger partial charge in [0, 0.05) is 12.1 Å². The zero-order chi connectivity index (χ0) is 22.1. The van der Waals surface area contributed by atoms with E-state index in [0.29, 0.717) is 25.5 Å². The van der Waals surface area contributed by atoms with Crippen LogP contribution < -0.4 is 10.1 Å². The van der Waals surface area contributed by atoms with E-state index >= 15 is 0 Å². The maximum Gasteiger partial charge on any atom is 0.246 e. The second-order valence-corrected chi connectivity index (χ2v) is 9.49. The molecular weight excluding hydrogens is 415 g/mol. The number of hydrogen-bond donors (Lipinski definition) is 1. The van der Waals surface area contributed by atoms with Crippen LogP contribution >= 0.6 is 0 Å². The van der Waals surface area contributed by atoms with Gasteiger partial charge < -0.3 is 24.4 Å². The molecule has 3 fully saturated rings. The predicted molar refractivity (Wildman–Crippen MR) is 114 cm³/mol. The molecule has 6 rings (SSSR count). The summed E-state index contributed by atoms with van der Waals surface area (Å²) in [5, 5.41) is 3.14. The van der Waals surface area contributed by atoms with Gasteiger partial charge >= 0.3 is 0 Å². The van der Waals surface area contributed by atoms with Crippen LogP contribution in [0.15, 0.2) is 18.2 Å². The first kappa shape index (κ1) is 21.6. The average Bonchev–Trinajstić information content (AvgIpc) is 2.79. The van der Waals surface area contributed by atoms with E-state index in [1.165, 1.54) is 6.07 Å². The Labute approximate surface area is 187 Å². The van der Waals surface area contributed by atoms with Crippen molar-refractivity contribution in [3.63, 3.8) is 0 Å². The number of hydrogen-bond acceptors (Lipinski definition) is 5. The van der Waals surface area contributed by atoms with Crippen LogP contribution in [0.2, 0.25) is 0 Å². The Kier molecular flexibility index (Phi) is 6.07. The van der Waals surface area contributed by atoms with E-state index in [1.54, 1.807) is 12.1 Å². The predicted octanol–water partition coefficient (Wildman–Crippen LogP) is 2.53. The number of carbonyl (C=O) groups excluding carboxylic acids is 2.